The monoisotopic (exact) mass is 882 g/mol. The van der Waals surface area contributed by atoms with Crippen molar-refractivity contribution in [3.05, 3.63) is 103 Å². The summed E-state index contributed by atoms with van der Waals surface area (Å²) >= 11 is 7.85. The van der Waals surface area contributed by atoms with E-state index < -0.39 is 68.1 Å². The van der Waals surface area contributed by atoms with E-state index in [4.69, 9.17) is 26.1 Å². The molecule has 3 amide bonds. The molecule has 0 radical (unpaired) electrons. The normalized spacial score (nSPS) is 21.7. The van der Waals surface area contributed by atoms with Crippen LogP contribution < -0.4 is 24.8 Å². The molecule has 2 aliphatic carbocycles. The third-order valence-electron chi connectivity index (χ3n) is 11.5. The molecule has 5 atom stereocenters. The summed E-state index contributed by atoms with van der Waals surface area (Å²) in [5, 5.41) is 7.95. The van der Waals surface area contributed by atoms with Crippen LogP contribution in [-0.2, 0) is 24.4 Å². The van der Waals surface area contributed by atoms with Crippen molar-refractivity contribution >= 4 is 66.6 Å². The number of fused-ring (bicyclic) bond motifs is 1. The number of rotatable bonds is 14. The molecule has 0 spiro atoms. The number of benzene rings is 3. The molecule has 318 valence electrons. The van der Waals surface area contributed by atoms with Crippen LogP contribution in [-0.4, -0.2) is 83.6 Å². The lowest BCUT2D eigenvalue weighted by Gasteiger charge is -2.35. The lowest BCUT2D eigenvalue weighted by Crippen LogP contribution is -2.58. The van der Waals surface area contributed by atoms with Crippen LogP contribution in [0, 0.1) is 11.3 Å². The van der Waals surface area contributed by atoms with Gasteiger partial charge in [-0.3, -0.25) is 19.1 Å². The fraction of sp³-hybridized carbons (Fsp3) is 0.356. The van der Waals surface area contributed by atoms with E-state index in [0.29, 0.717) is 39.5 Å². The fourth-order valence-electron chi connectivity index (χ4n) is 7.87. The first-order chi connectivity index (χ1) is 29.1. The molecule has 5 aromatic rings. The van der Waals surface area contributed by atoms with Gasteiger partial charge >= 0.3 is 0 Å². The van der Waals surface area contributed by atoms with E-state index in [1.165, 1.54) is 35.6 Å². The summed E-state index contributed by atoms with van der Waals surface area (Å²) < 4.78 is 40.0. The van der Waals surface area contributed by atoms with Crippen molar-refractivity contribution < 1.29 is 32.3 Å². The molecule has 0 unspecified atom stereocenters. The largest absolute Gasteiger partial charge is 0.494 e. The zero-order valence-corrected chi connectivity index (χ0v) is 36.6. The maximum absolute atomic E-state index is 15.2. The Bertz CT molecular complexity index is 2560. The highest BCUT2D eigenvalue weighted by molar-refractivity contribution is 7.91. The van der Waals surface area contributed by atoms with Crippen LogP contribution in [0.15, 0.2) is 97.7 Å². The summed E-state index contributed by atoms with van der Waals surface area (Å²) in [6, 6.07) is 23.0. The Hall–Kier alpha value is -5.51. The maximum Gasteiger partial charge on any atom is 0.259 e. The summed E-state index contributed by atoms with van der Waals surface area (Å²) in [5.41, 5.74) is 0.406. The average molecular weight is 883 g/mol. The first-order valence-corrected chi connectivity index (χ1v) is 22.8. The fourth-order valence-corrected chi connectivity index (χ4v) is 10.4. The molecule has 61 heavy (non-hydrogen) atoms. The maximum atomic E-state index is 15.2. The number of anilines is 1. The second-order valence-corrected chi connectivity index (χ2v) is 20.3. The van der Waals surface area contributed by atoms with Crippen LogP contribution in [0.2, 0.25) is 5.02 Å². The number of thiazole rings is 1. The summed E-state index contributed by atoms with van der Waals surface area (Å²) in [6.45, 7) is 9.61. The van der Waals surface area contributed by atoms with Crippen LogP contribution in [0.5, 0.6) is 11.6 Å². The Morgan fingerprint density at radius 3 is 2.33 bits per heavy atom. The van der Waals surface area contributed by atoms with Gasteiger partial charge in [-0.1, -0.05) is 110 Å². The average Bonchev–Trinajstić information content (AvgIpc) is 4.14. The van der Waals surface area contributed by atoms with E-state index in [1.54, 1.807) is 18.2 Å². The van der Waals surface area contributed by atoms with Crippen molar-refractivity contribution in [1.29, 1.82) is 0 Å². The third kappa shape index (κ3) is 8.55. The van der Waals surface area contributed by atoms with E-state index in [0.717, 1.165) is 21.7 Å². The van der Waals surface area contributed by atoms with Crippen molar-refractivity contribution in [2.75, 3.05) is 19.0 Å². The van der Waals surface area contributed by atoms with Crippen LogP contribution >= 0.6 is 22.9 Å². The number of nitrogens with zero attached hydrogens (tertiary/aromatic N) is 3. The predicted molar refractivity (Wildman–Crippen MR) is 237 cm³/mol. The summed E-state index contributed by atoms with van der Waals surface area (Å²) in [5.74, 6) is -1.61. The van der Waals surface area contributed by atoms with Gasteiger partial charge in [-0.05, 0) is 48.4 Å². The minimum absolute atomic E-state index is 0.0104. The van der Waals surface area contributed by atoms with Crippen LogP contribution in [0.25, 0.3) is 32.5 Å². The molecular weight excluding hydrogens is 836 g/mol. The number of pyridine rings is 1. The van der Waals surface area contributed by atoms with Gasteiger partial charge in [0.1, 0.15) is 29.5 Å². The molecule has 1 aliphatic heterocycles. The molecule has 2 aromatic heterocycles. The number of ether oxygens (including phenoxy) is 2. The number of sulfonamides is 1. The Morgan fingerprint density at radius 1 is 1.02 bits per heavy atom. The number of nitrogens with one attached hydrogen (secondary N) is 3. The molecule has 3 heterocycles. The van der Waals surface area contributed by atoms with Crippen LogP contribution in [0.1, 0.15) is 46.5 Å². The SMILES string of the molecule is C=C[C@@H]1C[C@]1(NC(=O)[C@@H]1C[C@@H](Oc2ncc(OC)c3ccc(Cl)cc23)CN1C(=O)[C@@H](Nc1nc(-c2ccccc2)c(-c2ccccc2)s1)C(C)(C)C)C(=O)NS(=O)(=O)C1CC1. The van der Waals surface area contributed by atoms with Gasteiger partial charge in [0.05, 0.1) is 35.7 Å². The Labute approximate surface area is 364 Å². The van der Waals surface area contributed by atoms with Crippen LogP contribution in [0.4, 0.5) is 5.13 Å². The highest BCUT2D eigenvalue weighted by Gasteiger charge is 2.62. The first-order valence-electron chi connectivity index (χ1n) is 20.1. The smallest absolute Gasteiger partial charge is 0.259 e. The van der Waals surface area contributed by atoms with Crippen molar-refractivity contribution in [3.8, 4) is 33.3 Å². The molecule has 16 heteroatoms. The predicted octanol–water partition coefficient (Wildman–Crippen LogP) is 7.23. The standard InChI is InChI=1S/C45H47ClN6O7S2/c1-6-28-23-45(28,42(55)51-61(56,57)31-18-19-31)50-39(53)34-22-30(59-40-33-21-29(46)17-20-32(33)35(58-5)24-47-40)25-52(34)41(54)38(44(2,3)4)49-43-48-36(26-13-9-7-10-14-26)37(60-43)27-15-11-8-12-16-27/h6-17,20-21,24,28,30-31,34,38H,1,18-19,22-23,25H2,2-5H3,(H,48,49)(H,50,53)(H,51,55)/t28-,30-,34+,38-,45-/m1/s1. The second kappa shape index (κ2) is 16.4. The molecular formula is C45H47ClN6O7S2. The lowest BCUT2D eigenvalue weighted by atomic mass is 9.85. The van der Waals surface area contributed by atoms with Gasteiger partial charge in [-0.15, -0.1) is 6.58 Å². The molecule has 3 fully saturated rings. The first kappa shape index (κ1) is 42.2. The van der Waals surface area contributed by atoms with Gasteiger partial charge in [0.25, 0.3) is 5.91 Å². The molecule has 3 aliphatic rings. The van der Waals surface area contributed by atoms with E-state index in [9.17, 15) is 18.0 Å². The third-order valence-corrected chi connectivity index (χ3v) is 14.6. The second-order valence-electron chi connectivity index (χ2n) is 16.9. The van der Waals surface area contributed by atoms with Crippen molar-refractivity contribution in [2.45, 2.75) is 75.4 Å². The van der Waals surface area contributed by atoms with Gasteiger partial charge < -0.3 is 25.0 Å². The van der Waals surface area contributed by atoms with E-state index in [2.05, 4.69) is 26.9 Å². The number of halogens is 1. The zero-order valence-electron chi connectivity index (χ0n) is 34.2. The number of aromatic nitrogens is 2. The van der Waals surface area contributed by atoms with E-state index in [1.807, 2.05) is 81.4 Å². The van der Waals surface area contributed by atoms with Crippen molar-refractivity contribution in [3.63, 3.8) is 0 Å². The minimum Gasteiger partial charge on any atom is -0.494 e. The van der Waals surface area contributed by atoms with Crippen molar-refractivity contribution in [2.24, 2.45) is 11.3 Å². The lowest BCUT2D eigenvalue weighted by molar-refractivity contribution is -0.141. The number of amides is 3. The molecule has 3 N–H and O–H groups in total. The van der Waals surface area contributed by atoms with Crippen LogP contribution in [0.3, 0.4) is 0 Å². The molecule has 8 rings (SSSR count). The van der Waals surface area contributed by atoms with E-state index in [-0.39, 0.29) is 25.3 Å². The molecule has 0 bridgehead atoms. The van der Waals surface area contributed by atoms with Gasteiger partial charge in [0.15, 0.2) is 5.13 Å². The molecule has 2 saturated carbocycles. The van der Waals surface area contributed by atoms with Gasteiger partial charge in [0, 0.05) is 33.7 Å². The molecule has 13 nitrogen and oxygen atoms in total. The van der Waals surface area contributed by atoms with Crippen molar-refractivity contribution in [1.82, 2.24) is 24.9 Å². The molecule has 1 saturated heterocycles. The Kier molecular flexibility index (Phi) is 11.3. The Balaban J connectivity index is 1.13. The summed E-state index contributed by atoms with van der Waals surface area (Å²) in [6.07, 6.45) is 3.45. The quantitative estimate of drug-likeness (QED) is 0.0968. The van der Waals surface area contributed by atoms with E-state index >= 15 is 4.79 Å². The number of carbonyl (C=O) groups excluding carboxylic acids is 3. The topological polar surface area (TPSA) is 169 Å². The highest BCUT2D eigenvalue weighted by atomic mass is 35.5. The number of methoxy groups -OCH3 is 1. The zero-order chi connectivity index (χ0) is 43.3. The number of likely N-dealkylation sites (tertiary alicyclic amines) is 1. The van der Waals surface area contributed by atoms with Gasteiger partial charge in [-0.25, -0.2) is 18.4 Å². The van der Waals surface area contributed by atoms with Gasteiger partial charge in [-0.2, -0.15) is 0 Å². The minimum atomic E-state index is -3.91. The number of carbonyl (C=O) groups is 3. The highest BCUT2D eigenvalue weighted by Crippen LogP contribution is 2.46. The van der Waals surface area contributed by atoms with Gasteiger partial charge in [0.2, 0.25) is 27.7 Å². The molecule has 3 aromatic carbocycles. The summed E-state index contributed by atoms with van der Waals surface area (Å²) in [4.78, 5) is 55.4. The summed E-state index contributed by atoms with van der Waals surface area (Å²) in [7, 11) is -2.37. The number of hydrogen-bond acceptors (Lipinski definition) is 11. The number of hydrogen-bond donors (Lipinski definition) is 3. The Morgan fingerprint density at radius 2 is 1.70 bits per heavy atom.